The number of aliphatic imine (C=N–C) groups is 1. The highest BCUT2D eigenvalue weighted by atomic mass is 35.5. The Balaban J connectivity index is 1.87. The van der Waals surface area contributed by atoms with E-state index in [2.05, 4.69) is 20.7 Å². The van der Waals surface area contributed by atoms with Gasteiger partial charge in [0.2, 0.25) is 5.96 Å². The van der Waals surface area contributed by atoms with Gasteiger partial charge in [-0.15, -0.1) is 0 Å². The molecule has 0 bridgehead atoms. The molecule has 0 atom stereocenters. The maximum Gasteiger partial charge on any atom is 0.257 e. The van der Waals surface area contributed by atoms with Crippen LogP contribution in [0.2, 0.25) is 5.02 Å². The third-order valence-corrected chi connectivity index (χ3v) is 5.31. The first-order valence-corrected chi connectivity index (χ1v) is 10.2. The molecule has 0 saturated carbocycles. The normalized spacial score (nSPS) is 11.4. The summed E-state index contributed by atoms with van der Waals surface area (Å²) in [5.41, 5.74) is 5.20. The average molecular weight is 440 g/mol. The average Bonchev–Trinajstić information content (AvgIpc) is 2.99. The van der Waals surface area contributed by atoms with Crippen LogP contribution in [0.1, 0.15) is 32.9 Å². The summed E-state index contributed by atoms with van der Waals surface area (Å²) in [5.74, 6) is 0.747. The molecular weight excluding hydrogens is 414 g/mol. The van der Waals surface area contributed by atoms with Gasteiger partial charge >= 0.3 is 0 Å². The first-order chi connectivity index (χ1) is 14.8. The lowest BCUT2D eigenvalue weighted by molar-refractivity contribution is 0.0977. The summed E-state index contributed by atoms with van der Waals surface area (Å²) >= 11 is 6.07. The molecule has 2 aromatic carbocycles. The van der Waals surface area contributed by atoms with Gasteiger partial charge < -0.3 is 10.1 Å². The maximum absolute atomic E-state index is 12.8. The summed E-state index contributed by atoms with van der Waals surface area (Å²) in [6.07, 6.45) is 0. The Labute approximate surface area is 187 Å². The highest BCUT2D eigenvalue weighted by Crippen LogP contribution is 2.20. The Morgan fingerprint density at radius 2 is 1.87 bits per heavy atom. The number of carbonyl (C=O) groups is 1. The van der Waals surface area contributed by atoms with E-state index in [-0.39, 0.29) is 5.91 Å². The second-order valence-corrected chi connectivity index (χ2v) is 7.64. The molecule has 0 fully saturated rings. The number of hydrogen-bond acceptors (Lipinski definition) is 4. The second-order valence-electron chi connectivity index (χ2n) is 7.20. The number of benzene rings is 2. The van der Waals surface area contributed by atoms with E-state index in [4.69, 9.17) is 16.3 Å². The van der Waals surface area contributed by atoms with Crippen LogP contribution in [-0.2, 0) is 13.6 Å². The molecule has 2 N–H and O–H groups in total. The molecule has 31 heavy (non-hydrogen) atoms. The highest BCUT2D eigenvalue weighted by Gasteiger charge is 2.13. The molecule has 0 radical (unpaired) electrons. The van der Waals surface area contributed by atoms with Crippen LogP contribution in [0.25, 0.3) is 0 Å². The highest BCUT2D eigenvalue weighted by molar-refractivity contribution is 6.30. The quantitative estimate of drug-likeness (QED) is 0.456. The van der Waals surface area contributed by atoms with Gasteiger partial charge in [0.05, 0.1) is 19.3 Å². The van der Waals surface area contributed by atoms with E-state index < -0.39 is 0 Å². The minimum Gasteiger partial charge on any atom is -0.497 e. The lowest BCUT2D eigenvalue weighted by Gasteiger charge is -2.14. The number of methoxy groups -OCH3 is 1. The number of anilines is 1. The van der Waals surface area contributed by atoms with Crippen molar-refractivity contribution in [1.29, 1.82) is 0 Å². The number of guanidine groups is 1. The van der Waals surface area contributed by atoms with E-state index in [0.29, 0.717) is 28.8 Å². The van der Waals surface area contributed by atoms with Gasteiger partial charge in [0.15, 0.2) is 0 Å². The van der Waals surface area contributed by atoms with Gasteiger partial charge in [-0.25, -0.2) is 4.99 Å². The van der Waals surface area contributed by atoms with Crippen molar-refractivity contribution in [3.8, 4) is 5.75 Å². The molecule has 1 aromatic heterocycles. The number of halogens is 1. The lowest BCUT2D eigenvalue weighted by Crippen LogP contribution is -2.36. The number of rotatable bonds is 5. The Morgan fingerprint density at radius 1 is 1.16 bits per heavy atom. The predicted octanol–water partition coefficient (Wildman–Crippen LogP) is 4.41. The number of amides is 1. The van der Waals surface area contributed by atoms with Gasteiger partial charge in [0.25, 0.3) is 5.91 Å². The fourth-order valence-electron chi connectivity index (χ4n) is 3.13. The van der Waals surface area contributed by atoms with Crippen LogP contribution in [0, 0.1) is 20.8 Å². The summed E-state index contributed by atoms with van der Waals surface area (Å²) in [6.45, 7) is 6.26. The Morgan fingerprint density at radius 3 is 2.45 bits per heavy atom. The molecule has 7 nitrogen and oxygen atoms in total. The number of nitrogens with zero attached hydrogens (tertiary/aromatic N) is 3. The van der Waals surface area contributed by atoms with Crippen molar-refractivity contribution in [2.45, 2.75) is 27.3 Å². The first-order valence-electron chi connectivity index (χ1n) is 9.80. The number of carbonyl (C=O) groups excluding carboxylic acids is 1. The van der Waals surface area contributed by atoms with Crippen LogP contribution in [0.5, 0.6) is 5.75 Å². The van der Waals surface area contributed by atoms with Gasteiger partial charge in [0, 0.05) is 34.6 Å². The zero-order chi connectivity index (χ0) is 22.5. The monoisotopic (exact) mass is 439 g/mol. The van der Waals surface area contributed by atoms with Crippen LogP contribution in [-0.4, -0.2) is 28.8 Å². The number of hydrogen-bond donors (Lipinski definition) is 2. The van der Waals surface area contributed by atoms with Gasteiger partial charge in [-0.05, 0) is 68.8 Å². The number of aryl methyl sites for hydroxylation is 3. The summed E-state index contributed by atoms with van der Waals surface area (Å²) in [4.78, 5) is 17.5. The maximum atomic E-state index is 12.8. The first kappa shape index (κ1) is 22.4. The molecule has 3 aromatic rings. The van der Waals surface area contributed by atoms with Crippen molar-refractivity contribution < 1.29 is 9.53 Å². The van der Waals surface area contributed by atoms with Crippen molar-refractivity contribution >= 4 is 29.2 Å². The molecule has 0 aliphatic rings. The van der Waals surface area contributed by atoms with Gasteiger partial charge in [-0.2, -0.15) is 5.10 Å². The predicted molar refractivity (Wildman–Crippen MR) is 124 cm³/mol. The standard InChI is InChI=1S/C23H26ClN5O2/c1-14-12-18(24)8-11-21(14)26-23(25-13-20-15(2)28-29(4)16(20)3)27-22(30)17-6-9-19(31-5)10-7-17/h6-12H,13H2,1-5H3,(H2,25,26,27,30). The number of nitrogens with one attached hydrogen (secondary N) is 2. The molecule has 1 heterocycles. The molecule has 1 amide bonds. The van der Waals surface area contributed by atoms with Crippen molar-refractivity contribution in [1.82, 2.24) is 15.1 Å². The van der Waals surface area contributed by atoms with Crippen LogP contribution < -0.4 is 15.4 Å². The molecule has 0 aliphatic heterocycles. The van der Waals surface area contributed by atoms with Crippen molar-refractivity contribution in [2.75, 3.05) is 12.4 Å². The molecule has 8 heteroatoms. The topological polar surface area (TPSA) is 80.5 Å². The van der Waals surface area contributed by atoms with Gasteiger partial charge in [0.1, 0.15) is 5.75 Å². The fourth-order valence-corrected chi connectivity index (χ4v) is 3.36. The summed E-state index contributed by atoms with van der Waals surface area (Å²) < 4.78 is 6.98. The summed E-state index contributed by atoms with van der Waals surface area (Å²) in [5, 5.41) is 11.2. The van der Waals surface area contributed by atoms with E-state index in [1.54, 1.807) is 37.4 Å². The van der Waals surface area contributed by atoms with E-state index in [1.807, 2.05) is 44.6 Å². The minimum atomic E-state index is -0.278. The van der Waals surface area contributed by atoms with E-state index in [1.165, 1.54) is 0 Å². The fraction of sp³-hybridized carbons (Fsp3) is 0.261. The Hall–Kier alpha value is -3.32. The van der Waals surface area contributed by atoms with Gasteiger partial charge in [-0.3, -0.25) is 14.8 Å². The molecule has 0 saturated heterocycles. The third-order valence-electron chi connectivity index (χ3n) is 5.08. The second kappa shape index (κ2) is 9.66. The van der Waals surface area contributed by atoms with Crippen molar-refractivity contribution in [3.63, 3.8) is 0 Å². The molecule has 162 valence electrons. The van der Waals surface area contributed by atoms with Crippen LogP contribution >= 0.6 is 11.6 Å². The largest absolute Gasteiger partial charge is 0.497 e. The van der Waals surface area contributed by atoms with Gasteiger partial charge in [-0.1, -0.05) is 11.6 Å². The molecular formula is C23H26ClN5O2. The van der Waals surface area contributed by atoms with Crippen LogP contribution in [0.4, 0.5) is 5.69 Å². The minimum absolute atomic E-state index is 0.278. The number of aromatic nitrogens is 2. The molecule has 0 aliphatic carbocycles. The Bertz CT molecular complexity index is 1120. The SMILES string of the molecule is COc1ccc(C(=O)NC(=NCc2c(C)nn(C)c2C)Nc2ccc(Cl)cc2C)cc1. The summed E-state index contributed by atoms with van der Waals surface area (Å²) in [7, 11) is 3.48. The zero-order valence-corrected chi connectivity index (χ0v) is 19.0. The van der Waals surface area contributed by atoms with Crippen LogP contribution in [0.3, 0.4) is 0 Å². The van der Waals surface area contributed by atoms with Crippen LogP contribution in [0.15, 0.2) is 47.5 Å². The number of ether oxygens (including phenoxy) is 1. The molecule has 0 unspecified atom stereocenters. The van der Waals surface area contributed by atoms with Crippen molar-refractivity contribution in [3.05, 3.63) is 75.6 Å². The van der Waals surface area contributed by atoms with E-state index in [9.17, 15) is 4.79 Å². The summed E-state index contributed by atoms with van der Waals surface area (Å²) in [6, 6.07) is 12.4. The Kier molecular flexibility index (Phi) is 6.97. The zero-order valence-electron chi connectivity index (χ0n) is 18.3. The van der Waals surface area contributed by atoms with Crippen molar-refractivity contribution in [2.24, 2.45) is 12.0 Å². The smallest absolute Gasteiger partial charge is 0.257 e. The molecule has 3 rings (SSSR count). The lowest BCUT2D eigenvalue weighted by atomic mass is 10.2. The molecule has 0 spiro atoms. The van der Waals surface area contributed by atoms with E-state index >= 15 is 0 Å². The third kappa shape index (κ3) is 5.44. The van der Waals surface area contributed by atoms with E-state index in [0.717, 1.165) is 28.2 Å².